The van der Waals surface area contributed by atoms with Crippen molar-refractivity contribution >= 4 is 25.9 Å². The van der Waals surface area contributed by atoms with Gasteiger partial charge in [0.15, 0.2) is 0 Å². The van der Waals surface area contributed by atoms with E-state index in [2.05, 4.69) is 69.5 Å². The Labute approximate surface area is 99.9 Å². The van der Waals surface area contributed by atoms with Gasteiger partial charge >= 0.3 is 0 Å². The topological polar surface area (TPSA) is 3.24 Å². The van der Waals surface area contributed by atoms with Crippen molar-refractivity contribution in [3.05, 3.63) is 23.8 Å². The third kappa shape index (κ3) is 3.67. The van der Waals surface area contributed by atoms with E-state index in [4.69, 9.17) is 0 Å². The number of hydrogen-bond donors (Lipinski definition) is 1. The van der Waals surface area contributed by atoms with Crippen LogP contribution in [0.25, 0.3) is 0 Å². The normalized spacial score (nSPS) is 12.2. The van der Waals surface area contributed by atoms with Crippen molar-refractivity contribution in [2.75, 3.05) is 14.1 Å². The van der Waals surface area contributed by atoms with Gasteiger partial charge in [0.2, 0.25) is 0 Å². The van der Waals surface area contributed by atoms with E-state index in [1.807, 2.05) is 0 Å². The zero-order chi connectivity index (χ0) is 11.6. The van der Waals surface area contributed by atoms with Crippen molar-refractivity contribution in [3.63, 3.8) is 0 Å². The van der Waals surface area contributed by atoms with E-state index in [-0.39, 0.29) is 0 Å². The summed E-state index contributed by atoms with van der Waals surface area (Å²) < 4.78 is 0. The molecule has 0 unspecified atom stereocenters. The van der Waals surface area contributed by atoms with Crippen LogP contribution in [-0.2, 0) is 6.54 Å². The fraction of sp³-hybridized carbons (Fsp3) is 0.500. The zero-order valence-electron chi connectivity index (χ0n) is 10.3. The highest BCUT2D eigenvalue weighted by Crippen LogP contribution is 2.15. The van der Waals surface area contributed by atoms with Crippen molar-refractivity contribution in [1.29, 1.82) is 0 Å². The molecular weight excluding hydrogens is 218 g/mol. The maximum Gasteiger partial charge on any atom is 0.0776 e. The third-order valence-corrected chi connectivity index (χ3v) is 4.90. The molecule has 0 atom stereocenters. The zero-order valence-corrected chi connectivity index (χ0v) is 12.2. The van der Waals surface area contributed by atoms with Crippen LogP contribution >= 0.6 is 12.6 Å². The summed E-state index contributed by atoms with van der Waals surface area (Å²) in [6.07, 6.45) is 0. The van der Waals surface area contributed by atoms with E-state index in [0.717, 1.165) is 11.4 Å². The van der Waals surface area contributed by atoms with Gasteiger partial charge in [-0.15, -0.1) is 12.6 Å². The smallest absolute Gasteiger partial charge is 0.0776 e. The Hall–Kier alpha value is -0.253. The SMILES string of the molecule is CN(C)Cc1ccc([Si](C)(C)C)cc1S. The van der Waals surface area contributed by atoms with E-state index in [1.54, 1.807) is 0 Å². The molecule has 0 bridgehead atoms. The summed E-state index contributed by atoms with van der Waals surface area (Å²) in [5, 5.41) is 1.48. The first-order valence-electron chi connectivity index (χ1n) is 5.28. The Morgan fingerprint density at radius 1 is 1.20 bits per heavy atom. The van der Waals surface area contributed by atoms with Crippen LogP contribution in [0.15, 0.2) is 23.1 Å². The van der Waals surface area contributed by atoms with Crippen LogP contribution in [0.5, 0.6) is 0 Å². The molecule has 1 rings (SSSR count). The van der Waals surface area contributed by atoms with E-state index < -0.39 is 8.07 Å². The summed E-state index contributed by atoms with van der Waals surface area (Å²) in [6.45, 7) is 8.05. The van der Waals surface area contributed by atoms with Crippen LogP contribution in [-0.4, -0.2) is 27.1 Å². The maximum absolute atomic E-state index is 4.57. The average molecular weight is 239 g/mol. The first-order chi connectivity index (χ1) is 6.80. The van der Waals surface area contributed by atoms with Gasteiger partial charge in [-0.05, 0) is 25.7 Å². The summed E-state index contributed by atoms with van der Waals surface area (Å²) >= 11 is 4.57. The molecule has 15 heavy (non-hydrogen) atoms. The molecule has 84 valence electrons. The largest absolute Gasteiger partial charge is 0.305 e. The Bertz CT molecular complexity index is 342. The first-order valence-corrected chi connectivity index (χ1v) is 9.22. The summed E-state index contributed by atoms with van der Waals surface area (Å²) in [4.78, 5) is 3.30. The monoisotopic (exact) mass is 239 g/mol. The molecule has 0 aliphatic carbocycles. The number of nitrogens with zero attached hydrogens (tertiary/aromatic N) is 1. The highest BCUT2D eigenvalue weighted by molar-refractivity contribution is 7.80. The van der Waals surface area contributed by atoms with Crippen molar-refractivity contribution in [1.82, 2.24) is 4.90 Å². The summed E-state index contributed by atoms with van der Waals surface area (Å²) in [5.41, 5.74) is 1.31. The van der Waals surface area contributed by atoms with Crippen molar-refractivity contribution in [2.24, 2.45) is 0 Å². The van der Waals surface area contributed by atoms with Gasteiger partial charge in [-0.25, -0.2) is 0 Å². The molecule has 1 nitrogen and oxygen atoms in total. The second kappa shape index (κ2) is 4.72. The Kier molecular flexibility index (Phi) is 4.03. The van der Waals surface area contributed by atoms with Crippen LogP contribution in [0.1, 0.15) is 5.56 Å². The Morgan fingerprint density at radius 2 is 1.80 bits per heavy atom. The van der Waals surface area contributed by atoms with E-state index in [1.165, 1.54) is 10.8 Å². The quantitative estimate of drug-likeness (QED) is 0.627. The Morgan fingerprint density at radius 3 is 2.20 bits per heavy atom. The minimum Gasteiger partial charge on any atom is -0.305 e. The van der Waals surface area contributed by atoms with E-state index in [0.29, 0.717) is 0 Å². The molecule has 0 aliphatic rings. The van der Waals surface area contributed by atoms with Gasteiger partial charge in [-0.2, -0.15) is 0 Å². The molecule has 1 aromatic carbocycles. The molecule has 0 radical (unpaired) electrons. The third-order valence-electron chi connectivity index (χ3n) is 2.44. The van der Waals surface area contributed by atoms with Gasteiger partial charge < -0.3 is 4.90 Å². The molecule has 1 aromatic rings. The average Bonchev–Trinajstić information content (AvgIpc) is 2.05. The molecule has 0 saturated heterocycles. The van der Waals surface area contributed by atoms with Gasteiger partial charge in [0.05, 0.1) is 8.07 Å². The lowest BCUT2D eigenvalue weighted by molar-refractivity contribution is 0.399. The van der Waals surface area contributed by atoms with Crippen LogP contribution in [0.3, 0.4) is 0 Å². The second-order valence-electron chi connectivity index (χ2n) is 5.33. The molecule has 0 aliphatic heterocycles. The van der Waals surface area contributed by atoms with Crippen molar-refractivity contribution in [3.8, 4) is 0 Å². The van der Waals surface area contributed by atoms with Gasteiger partial charge in [-0.1, -0.05) is 37.0 Å². The molecule has 0 fully saturated rings. The minimum atomic E-state index is -1.19. The highest BCUT2D eigenvalue weighted by Gasteiger charge is 2.16. The lowest BCUT2D eigenvalue weighted by atomic mass is 10.2. The summed E-state index contributed by atoms with van der Waals surface area (Å²) in [7, 11) is 2.98. The van der Waals surface area contributed by atoms with Gasteiger partial charge in [0.1, 0.15) is 0 Å². The van der Waals surface area contributed by atoms with Gasteiger partial charge in [0.25, 0.3) is 0 Å². The predicted molar refractivity (Wildman–Crippen MR) is 74.1 cm³/mol. The molecule has 0 amide bonds. The maximum atomic E-state index is 4.57. The summed E-state index contributed by atoms with van der Waals surface area (Å²) in [6, 6.07) is 6.73. The molecule has 0 aromatic heterocycles. The number of benzene rings is 1. The number of thiol groups is 1. The second-order valence-corrected chi connectivity index (χ2v) is 10.9. The molecule has 3 heteroatoms. The highest BCUT2D eigenvalue weighted by atomic mass is 32.1. The van der Waals surface area contributed by atoms with E-state index in [9.17, 15) is 0 Å². The fourth-order valence-corrected chi connectivity index (χ4v) is 3.07. The van der Waals surface area contributed by atoms with Gasteiger partial charge in [0, 0.05) is 11.4 Å². The number of rotatable bonds is 3. The standard InChI is InChI=1S/C12H21NSSi/c1-13(2)9-10-6-7-11(8-12(10)14)15(3,4)5/h6-8,14H,9H2,1-5H3. The number of hydrogen-bond acceptors (Lipinski definition) is 2. The lowest BCUT2D eigenvalue weighted by Crippen LogP contribution is -2.37. The van der Waals surface area contributed by atoms with Crippen molar-refractivity contribution < 1.29 is 0 Å². The fourth-order valence-electron chi connectivity index (χ4n) is 1.50. The van der Waals surface area contributed by atoms with E-state index >= 15 is 0 Å². The van der Waals surface area contributed by atoms with Crippen LogP contribution in [0.4, 0.5) is 0 Å². The molecule has 0 saturated carbocycles. The first kappa shape index (κ1) is 12.8. The van der Waals surface area contributed by atoms with Gasteiger partial charge in [-0.3, -0.25) is 0 Å². The lowest BCUT2D eigenvalue weighted by Gasteiger charge is -2.19. The minimum absolute atomic E-state index is 0.963. The molecule has 0 spiro atoms. The summed E-state index contributed by atoms with van der Waals surface area (Å²) in [5.74, 6) is 0. The molecule has 0 heterocycles. The Balaban J connectivity index is 2.98. The van der Waals surface area contributed by atoms with Crippen LogP contribution in [0, 0.1) is 0 Å². The van der Waals surface area contributed by atoms with Crippen LogP contribution < -0.4 is 5.19 Å². The van der Waals surface area contributed by atoms with Crippen molar-refractivity contribution in [2.45, 2.75) is 31.1 Å². The molecule has 0 N–H and O–H groups in total. The van der Waals surface area contributed by atoms with Crippen LogP contribution in [0.2, 0.25) is 19.6 Å². The predicted octanol–water partition coefficient (Wildman–Crippen LogP) is 2.58. The molecular formula is C12H21NSSi.